The molecule has 0 heterocycles. The topological polar surface area (TPSA) is 64.3 Å². The van der Waals surface area contributed by atoms with E-state index in [-0.39, 0.29) is 17.7 Å². The van der Waals surface area contributed by atoms with Crippen LogP contribution in [0.5, 0.6) is 0 Å². The fourth-order valence-corrected chi connectivity index (χ4v) is 2.07. The molecule has 5 heteroatoms. The highest BCUT2D eigenvalue weighted by atomic mass is 19.1. The maximum absolute atomic E-state index is 13.6. The number of carbonyl (C=O) groups is 1. The number of rotatable bonds is 4. The van der Waals surface area contributed by atoms with Gasteiger partial charge in [0.2, 0.25) is 5.91 Å². The number of halogens is 1. The summed E-state index contributed by atoms with van der Waals surface area (Å²) in [5, 5.41) is 3.22. The van der Waals surface area contributed by atoms with E-state index >= 15 is 0 Å². The molecule has 1 saturated carbocycles. The molecule has 0 spiro atoms. The SMILES string of the molecule is COC1CC(Nc2cc(C(N)=O)cc(F)c2C)C1. The summed E-state index contributed by atoms with van der Waals surface area (Å²) in [4.78, 5) is 11.1. The minimum atomic E-state index is -0.625. The van der Waals surface area contributed by atoms with E-state index in [1.807, 2.05) is 0 Å². The monoisotopic (exact) mass is 252 g/mol. The minimum absolute atomic E-state index is 0.184. The largest absolute Gasteiger partial charge is 0.382 e. The lowest BCUT2D eigenvalue weighted by Gasteiger charge is -2.35. The van der Waals surface area contributed by atoms with Crippen molar-refractivity contribution in [3.63, 3.8) is 0 Å². The summed E-state index contributed by atoms with van der Waals surface area (Å²) in [6.07, 6.45) is 2.04. The Bertz CT molecular complexity index is 470. The summed E-state index contributed by atoms with van der Waals surface area (Å²) < 4.78 is 18.8. The lowest BCUT2D eigenvalue weighted by molar-refractivity contribution is 0.0328. The predicted octanol–water partition coefficient (Wildman–Crippen LogP) is 1.82. The van der Waals surface area contributed by atoms with Crippen LogP contribution in [-0.4, -0.2) is 25.2 Å². The average Bonchev–Trinajstić information content (AvgIpc) is 2.27. The zero-order valence-electron chi connectivity index (χ0n) is 10.5. The second kappa shape index (κ2) is 4.94. The van der Waals surface area contributed by atoms with Crippen molar-refractivity contribution in [3.05, 3.63) is 29.1 Å². The molecule has 0 unspecified atom stereocenters. The molecule has 18 heavy (non-hydrogen) atoms. The van der Waals surface area contributed by atoms with Crippen LogP contribution in [0.4, 0.5) is 10.1 Å². The first kappa shape index (κ1) is 12.8. The van der Waals surface area contributed by atoms with Crippen LogP contribution in [0.15, 0.2) is 12.1 Å². The van der Waals surface area contributed by atoms with E-state index in [1.54, 1.807) is 20.1 Å². The van der Waals surface area contributed by atoms with Crippen LogP contribution in [0.25, 0.3) is 0 Å². The Morgan fingerprint density at radius 3 is 2.72 bits per heavy atom. The maximum atomic E-state index is 13.6. The summed E-state index contributed by atoms with van der Waals surface area (Å²) >= 11 is 0. The zero-order valence-corrected chi connectivity index (χ0v) is 10.5. The number of nitrogens with one attached hydrogen (secondary N) is 1. The number of amides is 1. The van der Waals surface area contributed by atoms with E-state index < -0.39 is 11.7 Å². The molecular weight excluding hydrogens is 235 g/mol. The van der Waals surface area contributed by atoms with E-state index in [0.29, 0.717) is 11.3 Å². The lowest BCUT2D eigenvalue weighted by atomic mass is 9.89. The van der Waals surface area contributed by atoms with Crippen molar-refractivity contribution in [2.75, 3.05) is 12.4 Å². The number of nitrogens with two attached hydrogens (primary N) is 1. The Morgan fingerprint density at radius 2 is 2.17 bits per heavy atom. The van der Waals surface area contributed by atoms with Gasteiger partial charge >= 0.3 is 0 Å². The van der Waals surface area contributed by atoms with Crippen molar-refractivity contribution >= 4 is 11.6 Å². The Hall–Kier alpha value is -1.62. The number of methoxy groups -OCH3 is 1. The molecule has 0 atom stereocenters. The zero-order chi connectivity index (χ0) is 13.3. The summed E-state index contributed by atoms with van der Waals surface area (Å²) in [7, 11) is 1.68. The molecule has 98 valence electrons. The van der Waals surface area contributed by atoms with Crippen LogP contribution in [-0.2, 0) is 4.74 Å². The highest BCUT2D eigenvalue weighted by molar-refractivity contribution is 5.94. The Labute approximate surface area is 105 Å². The van der Waals surface area contributed by atoms with Crippen molar-refractivity contribution < 1.29 is 13.9 Å². The Morgan fingerprint density at radius 1 is 1.50 bits per heavy atom. The molecular formula is C13H17FN2O2. The van der Waals surface area contributed by atoms with Crippen LogP contribution in [0.3, 0.4) is 0 Å². The molecule has 0 bridgehead atoms. The van der Waals surface area contributed by atoms with Gasteiger partial charge in [0.05, 0.1) is 6.10 Å². The minimum Gasteiger partial charge on any atom is -0.382 e. The summed E-state index contributed by atoms with van der Waals surface area (Å²) in [6, 6.07) is 3.03. The van der Waals surface area contributed by atoms with Crippen LogP contribution >= 0.6 is 0 Å². The number of primary amides is 1. The van der Waals surface area contributed by atoms with Crippen molar-refractivity contribution in [1.82, 2.24) is 0 Å². The first-order valence-electron chi connectivity index (χ1n) is 5.90. The maximum Gasteiger partial charge on any atom is 0.248 e. The summed E-state index contributed by atoms with van der Waals surface area (Å²) in [6.45, 7) is 1.68. The van der Waals surface area contributed by atoms with E-state index in [0.717, 1.165) is 12.8 Å². The number of hydrogen-bond acceptors (Lipinski definition) is 3. The fraction of sp³-hybridized carbons (Fsp3) is 0.462. The van der Waals surface area contributed by atoms with Crippen LogP contribution in [0.2, 0.25) is 0 Å². The molecule has 1 fully saturated rings. The van der Waals surface area contributed by atoms with Gasteiger partial charge < -0.3 is 15.8 Å². The lowest BCUT2D eigenvalue weighted by Crippen LogP contribution is -2.40. The van der Waals surface area contributed by atoms with Gasteiger partial charge in [-0.15, -0.1) is 0 Å². The third-order valence-electron chi connectivity index (χ3n) is 3.42. The van der Waals surface area contributed by atoms with E-state index in [9.17, 15) is 9.18 Å². The molecule has 2 rings (SSSR count). The quantitative estimate of drug-likeness (QED) is 0.859. The number of hydrogen-bond donors (Lipinski definition) is 2. The molecule has 1 aromatic carbocycles. The van der Waals surface area contributed by atoms with Crippen LogP contribution < -0.4 is 11.1 Å². The second-order valence-electron chi connectivity index (χ2n) is 4.67. The molecule has 4 nitrogen and oxygen atoms in total. The van der Waals surface area contributed by atoms with Gasteiger partial charge in [0.1, 0.15) is 5.82 Å². The summed E-state index contributed by atoms with van der Waals surface area (Å²) in [5.74, 6) is -1.04. The van der Waals surface area contributed by atoms with Gasteiger partial charge in [-0.25, -0.2) is 4.39 Å². The first-order chi connectivity index (χ1) is 8.51. The smallest absolute Gasteiger partial charge is 0.248 e. The van der Waals surface area contributed by atoms with E-state index in [1.165, 1.54) is 6.07 Å². The molecule has 3 N–H and O–H groups in total. The first-order valence-corrected chi connectivity index (χ1v) is 5.90. The number of benzene rings is 1. The molecule has 1 aliphatic carbocycles. The van der Waals surface area contributed by atoms with Crippen LogP contribution in [0.1, 0.15) is 28.8 Å². The number of ether oxygens (including phenoxy) is 1. The highest BCUT2D eigenvalue weighted by Crippen LogP contribution is 2.29. The fourth-order valence-electron chi connectivity index (χ4n) is 2.07. The Kier molecular flexibility index (Phi) is 3.52. The van der Waals surface area contributed by atoms with Gasteiger partial charge in [-0.3, -0.25) is 4.79 Å². The van der Waals surface area contributed by atoms with Crippen molar-refractivity contribution in [2.24, 2.45) is 5.73 Å². The summed E-state index contributed by atoms with van der Waals surface area (Å²) in [5.41, 5.74) is 6.48. The predicted molar refractivity (Wildman–Crippen MR) is 67.1 cm³/mol. The Balaban J connectivity index is 2.14. The highest BCUT2D eigenvalue weighted by Gasteiger charge is 2.29. The van der Waals surface area contributed by atoms with Gasteiger partial charge in [-0.1, -0.05) is 0 Å². The van der Waals surface area contributed by atoms with Gasteiger partial charge in [0.15, 0.2) is 0 Å². The van der Waals surface area contributed by atoms with Crippen LogP contribution in [0, 0.1) is 12.7 Å². The van der Waals surface area contributed by atoms with Crippen molar-refractivity contribution in [2.45, 2.75) is 31.9 Å². The third-order valence-corrected chi connectivity index (χ3v) is 3.42. The van der Waals surface area contributed by atoms with Gasteiger partial charge in [-0.2, -0.15) is 0 Å². The second-order valence-corrected chi connectivity index (χ2v) is 4.67. The molecule has 1 aromatic rings. The van der Waals surface area contributed by atoms with Gasteiger partial charge in [0, 0.05) is 30.0 Å². The average molecular weight is 252 g/mol. The molecule has 0 aliphatic heterocycles. The van der Waals surface area contributed by atoms with E-state index in [4.69, 9.17) is 10.5 Å². The molecule has 0 radical (unpaired) electrons. The molecule has 0 saturated heterocycles. The third kappa shape index (κ3) is 2.46. The normalized spacial score (nSPS) is 22.4. The van der Waals surface area contributed by atoms with E-state index in [2.05, 4.69) is 5.32 Å². The number of anilines is 1. The molecule has 1 aliphatic rings. The van der Waals surface area contributed by atoms with Crippen molar-refractivity contribution in [3.8, 4) is 0 Å². The number of carbonyl (C=O) groups excluding carboxylic acids is 1. The van der Waals surface area contributed by atoms with Gasteiger partial charge in [-0.05, 0) is 31.9 Å². The van der Waals surface area contributed by atoms with Crippen molar-refractivity contribution in [1.29, 1.82) is 0 Å². The van der Waals surface area contributed by atoms with Gasteiger partial charge in [0.25, 0.3) is 0 Å². The standard InChI is InChI=1S/C13H17FN2O2/c1-7-11(14)3-8(13(15)17)4-12(7)16-9-5-10(6-9)18-2/h3-4,9-10,16H,5-6H2,1-2H3,(H2,15,17). The molecule has 1 amide bonds. The molecule has 0 aromatic heterocycles.